The highest BCUT2D eigenvalue weighted by Crippen LogP contribution is 2.13. The predicted octanol–water partition coefficient (Wildman–Crippen LogP) is 0.213. The van der Waals surface area contributed by atoms with E-state index in [2.05, 4.69) is 5.32 Å². The van der Waals surface area contributed by atoms with Crippen LogP contribution in [0.25, 0.3) is 0 Å². The van der Waals surface area contributed by atoms with E-state index in [4.69, 9.17) is 25.1 Å². The van der Waals surface area contributed by atoms with Crippen LogP contribution < -0.4 is 11.1 Å². The number of aliphatic carboxylic acids is 1. The van der Waals surface area contributed by atoms with Crippen LogP contribution in [0.1, 0.15) is 25.7 Å². The fourth-order valence-electron chi connectivity index (χ4n) is 2.14. The zero-order chi connectivity index (χ0) is 23.7. The number of nitrogens with two attached hydrogens (primary N) is 1. The first-order valence-corrected chi connectivity index (χ1v) is 9.55. The van der Waals surface area contributed by atoms with E-state index in [0.717, 1.165) is 12.8 Å². The molecule has 0 radical (unpaired) electrons. The second-order valence-electron chi connectivity index (χ2n) is 6.14. The molecule has 1 aliphatic rings. The second kappa shape index (κ2) is 16.2. The molecular weight excluding hydrogens is 427 g/mol. The quantitative estimate of drug-likeness (QED) is 0.249. The van der Waals surface area contributed by atoms with Gasteiger partial charge in [-0.3, -0.25) is 19.3 Å². The summed E-state index contributed by atoms with van der Waals surface area (Å²) in [5, 5.41) is 9.90. The summed E-state index contributed by atoms with van der Waals surface area (Å²) in [7, 11) is 0. The van der Waals surface area contributed by atoms with Crippen molar-refractivity contribution in [2.45, 2.75) is 31.9 Å². The first kappa shape index (κ1) is 28.5. The van der Waals surface area contributed by atoms with Gasteiger partial charge >= 0.3 is 12.1 Å². The van der Waals surface area contributed by atoms with Gasteiger partial charge in [0.2, 0.25) is 5.91 Å². The minimum absolute atomic E-state index is 0.0204. The Morgan fingerprint density at radius 3 is 2.06 bits per heavy atom. The van der Waals surface area contributed by atoms with E-state index in [1.165, 1.54) is 17.1 Å². The molecule has 0 bridgehead atoms. The number of unbranched alkanes of at least 4 members (excludes halogenated alkanes) is 2. The summed E-state index contributed by atoms with van der Waals surface area (Å²) in [6, 6.07) is 0. The van der Waals surface area contributed by atoms with E-state index in [1.54, 1.807) is 0 Å². The lowest BCUT2D eigenvalue weighted by atomic mass is 10.2. The number of imide groups is 1. The third-order valence-electron chi connectivity index (χ3n) is 3.63. The lowest BCUT2D eigenvalue weighted by Crippen LogP contribution is -2.31. The van der Waals surface area contributed by atoms with Gasteiger partial charge in [0.15, 0.2) is 0 Å². The van der Waals surface area contributed by atoms with Gasteiger partial charge in [-0.15, -0.1) is 0 Å². The zero-order valence-electron chi connectivity index (χ0n) is 17.0. The molecule has 178 valence electrons. The van der Waals surface area contributed by atoms with Crippen LogP contribution in [0, 0.1) is 0 Å². The van der Waals surface area contributed by atoms with Crippen LogP contribution in [0.5, 0.6) is 0 Å². The summed E-state index contributed by atoms with van der Waals surface area (Å²) in [6.07, 6.45) is 0.130. The number of hydrogen-bond donors (Lipinski definition) is 3. The number of halogens is 3. The van der Waals surface area contributed by atoms with Crippen LogP contribution in [0.4, 0.5) is 13.2 Å². The maximum atomic E-state index is 11.6. The van der Waals surface area contributed by atoms with Crippen LogP contribution in [0.15, 0.2) is 12.2 Å². The van der Waals surface area contributed by atoms with Crippen LogP contribution in [-0.2, 0) is 28.7 Å². The number of carbonyl (C=O) groups excluding carboxylic acids is 3. The highest BCUT2D eigenvalue weighted by atomic mass is 19.4. The van der Waals surface area contributed by atoms with Gasteiger partial charge in [-0.25, -0.2) is 4.79 Å². The molecule has 3 amide bonds. The number of nitrogens with one attached hydrogen (secondary N) is 1. The number of nitrogens with zero attached hydrogens (tertiary/aromatic N) is 1. The standard InChI is InChI=1S/C16H27N3O5.C2HF3O2/c17-7-10-23-12-13-24-11-8-18-14(20)4-2-1-3-9-19-15(21)5-6-16(19)22;3-2(4,5)1(6)7/h5-6H,1-4,7-13,17H2,(H,18,20);(H,6,7). The largest absolute Gasteiger partial charge is 0.490 e. The highest BCUT2D eigenvalue weighted by molar-refractivity contribution is 6.12. The Hall–Kier alpha value is -2.51. The number of ether oxygens (including phenoxy) is 2. The van der Waals surface area contributed by atoms with E-state index < -0.39 is 12.1 Å². The average molecular weight is 455 g/mol. The van der Waals surface area contributed by atoms with E-state index in [1.807, 2.05) is 0 Å². The highest BCUT2D eigenvalue weighted by Gasteiger charge is 2.38. The van der Waals surface area contributed by atoms with Crippen molar-refractivity contribution in [1.29, 1.82) is 0 Å². The Balaban J connectivity index is 0.00000110. The zero-order valence-corrected chi connectivity index (χ0v) is 17.0. The minimum Gasteiger partial charge on any atom is -0.475 e. The maximum Gasteiger partial charge on any atom is 0.490 e. The molecule has 0 aromatic heterocycles. The van der Waals surface area contributed by atoms with Crippen molar-refractivity contribution in [3.63, 3.8) is 0 Å². The Kier molecular flexibility index (Phi) is 14.9. The summed E-state index contributed by atoms with van der Waals surface area (Å²) >= 11 is 0. The first-order valence-electron chi connectivity index (χ1n) is 9.55. The summed E-state index contributed by atoms with van der Waals surface area (Å²) in [6.45, 7) is 3.34. The van der Waals surface area contributed by atoms with Crippen molar-refractivity contribution in [3.05, 3.63) is 12.2 Å². The van der Waals surface area contributed by atoms with Crippen LogP contribution in [-0.4, -0.2) is 85.9 Å². The summed E-state index contributed by atoms with van der Waals surface area (Å²) in [5.74, 6) is -3.29. The topological polar surface area (TPSA) is 148 Å². The average Bonchev–Trinajstić information content (AvgIpc) is 3.01. The monoisotopic (exact) mass is 455 g/mol. The van der Waals surface area contributed by atoms with Crippen LogP contribution in [0.2, 0.25) is 0 Å². The molecule has 13 heteroatoms. The second-order valence-corrected chi connectivity index (χ2v) is 6.14. The molecule has 0 saturated heterocycles. The Labute approximate surface area is 177 Å². The van der Waals surface area contributed by atoms with Crippen molar-refractivity contribution in [2.75, 3.05) is 46.1 Å². The van der Waals surface area contributed by atoms with Gasteiger partial charge in [-0.1, -0.05) is 6.42 Å². The lowest BCUT2D eigenvalue weighted by molar-refractivity contribution is -0.192. The van der Waals surface area contributed by atoms with E-state index >= 15 is 0 Å². The molecule has 0 spiro atoms. The Morgan fingerprint density at radius 2 is 1.55 bits per heavy atom. The Bertz CT molecular complexity index is 595. The van der Waals surface area contributed by atoms with Crippen molar-refractivity contribution in [1.82, 2.24) is 10.2 Å². The van der Waals surface area contributed by atoms with Gasteiger partial charge in [-0.05, 0) is 12.8 Å². The molecular formula is C18H28F3N3O7. The van der Waals surface area contributed by atoms with E-state index in [9.17, 15) is 27.6 Å². The molecule has 0 fully saturated rings. The normalized spacial score (nSPS) is 13.2. The van der Waals surface area contributed by atoms with Crippen molar-refractivity contribution in [3.8, 4) is 0 Å². The Morgan fingerprint density at radius 1 is 1.00 bits per heavy atom. The number of hydrogen-bond acceptors (Lipinski definition) is 7. The number of amides is 3. The molecule has 0 saturated carbocycles. The number of carboxylic acids is 1. The summed E-state index contributed by atoms with van der Waals surface area (Å²) in [4.78, 5) is 44.4. The SMILES string of the molecule is NCCOCCOCCNC(=O)CCCCCN1C(=O)C=CC1=O.O=C(O)C(F)(F)F. The summed E-state index contributed by atoms with van der Waals surface area (Å²) in [5.41, 5.74) is 5.28. The molecule has 4 N–H and O–H groups in total. The van der Waals surface area contributed by atoms with Gasteiger partial charge in [-0.2, -0.15) is 13.2 Å². The maximum absolute atomic E-state index is 11.6. The molecule has 0 aliphatic carbocycles. The molecule has 1 heterocycles. The third-order valence-corrected chi connectivity index (χ3v) is 3.63. The number of carbonyl (C=O) groups is 4. The van der Waals surface area contributed by atoms with Crippen molar-refractivity contribution in [2.24, 2.45) is 5.73 Å². The molecule has 0 atom stereocenters. The predicted molar refractivity (Wildman–Crippen MR) is 102 cm³/mol. The van der Waals surface area contributed by atoms with Crippen LogP contribution in [0.3, 0.4) is 0 Å². The first-order chi connectivity index (χ1) is 14.6. The van der Waals surface area contributed by atoms with E-state index in [-0.39, 0.29) is 17.7 Å². The van der Waals surface area contributed by atoms with Gasteiger partial charge in [0.1, 0.15) is 0 Å². The smallest absolute Gasteiger partial charge is 0.475 e. The van der Waals surface area contributed by atoms with Gasteiger partial charge < -0.3 is 25.6 Å². The van der Waals surface area contributed by atoms with Gasteiger partial charge in [0.05, 0.1) is 26.4 Å². The van der Waals surface area contributed by atoms with E-state index in [0.29, 0.717) is 58.9 Å². The van der Waals surface area contributed by atoms with Crippen LogP contribution >= 0.6 is 0 Å². The van der Waals surface area contributed by atoms with Gasteiger partial charge in [0, 0.05) is 38.2 Å². The minimum atomic E-state index is -5.08. The van der Waals surface area contributed by atoms with Crippen molar-refractivity contribution >= 4 is 23.7 Å². The number of carboxylic acid groups (broad SMARTS) is 1. The molecule has 10 nitrogen and oxygen atoms in total. The number of alkyl halides is 3. The molecule has 0 unspecified atom stereocenters. The fourth-order valence-corrected chi connectivity index (χ4v) is 2.14. The molecule has 31 heavy (non-hydrogen) atoms. The van der Waals surface area contributed by atoms with Gasteiger partial charge in [0.25, 0.3) is 11.8 Å². The summed E-state index contributed by atoms with van der Waals surface area (Å²) < 4.78 is 42.2. The third kappa shape index (κ3) is 15.0. The molecule has 1 rings (SSSR count). The number of rotatable bonds is 14. The molecule has 1 aliphatic heterocycles. The van der Waals surface area contributed by atoms with Crippen molar-refractivity contribution < 1.29 is 46.9 Å². The molecule has 0 aromatic carbocycles. The fraction of sp³-hybridized carbons (Fsp3) is 0.667. The lowest BCUT2D eigenvalue weighted by Gasteiger charge is -2.13. The molecule has 0 aromatic rings.